The van der Waals surface area contributed by atoms with Crippen molar-refractivity contribution in [3.63, 3.8) is 0 Å². The van der Waals surface area contributed by atoms with Gasteiger partial charge in [0.05, 0.1) is 11.8 Å². The molecule has 0 saturated heterocycles. The third-order valence-electron chi connectivity index (χ3n) is 9.54. The van der Waals surface area contributed by atoms with Gasteiger partial charge in [-0.1, -0.05) is 60.7 Å². The van der Waals surface area contributed by atoms with E-state index in [0.29, 0.717) is 0 Å². The molecule has 0 aliphatic heterocycles. The van der Waals surface area contributed by atoms with Crippen molar-refractivity contribution in [3.8, 4) is 0 Å². The summed E-state index contributed by atoms with van der Waals surface area (Å²) >= 11 is 1.74. The lowest BCUT2D eigenvalue weighted by molar-refractivity contribution is 0.100. The number of rotatable bonds is 8. The van der Waals surface area contributed by atoms with Crippen LogP contribution in [0.1, 0.15) is 103 Å². The Bertz CT molecular complexity index is 2290. The number of hydrogen-bond acceptors (Lipinski definition) is 3. The molecule has 0 amide bonds. The highest BCUT2D eigenvalue weighted by Gasteiger charge is 2.31. The van der Waals surface area contributed by atoms with Gasteiger partial charge in [0.15, 0.2) is 11.6 Å². The minimum Gasteiger partial charge on any atom is -0.361 e. The van der Waals surface area contributed by atoms with Crippen LogP contribution in [-0.2, 0) is 0 Å². The van der Waals surface area contributed by atoms with E-state index in [2.05, 4.69) is 99.2 Å². The molecule has 7 rings (SSSR count). The van der Waals surface area contributed by atoms with Crippen LogP contribution < -0.4 is 0 Å². The van der Waals surface area contributed by atoms with Gasteiger partial charge in [0.2, 0.25) is 0 Å². The zero-order valence-electron chi connectivity index (χ0n) is 27.0. The van der Waals surface area contributed by atoms with Crippen molar-refractivity contribution in [2.75, 3.05) is 0 Å². The summed E-state index contributed by atoms with van der Waals surface area (Å²) in [4.78, 5) is 36.6. The second-order valence-corrected chi connectivity index (χ2v) is 13.3. The number of benzene rings is 3. The van der Waals surface area contributed by atoms with E-state index in [1.165, 1.54) is 26.4 Å². The van der Waals surface area contributed by atoms with Crippen LogP contribution >= 0.6 is 11.3 Å². The number of thiophene rings is 1. The number of Topliss-reactive ketones (excluding diaryl/α,β-unsaturated/α-hetero) is 2. The Kier molecular flexibility index (Phi) is 7.41. The average Bonchev–Trinajstić information content (AvgIpc) is 3.80. The highest BCUT2D eigenvalue weighted by Crippen LogP contribution is 2.43. The second-order valence-electron chi connectivity index (χ2n) is 12.4. The van der Waals surface area contributed by atoms with Crippen LogP contribution in [0, 0.1) is 27.7 Å². The molecule has 5 nitrogen and oxygen atoms in total. The first kappa shape index (κ1) is 29.8. The van der Waals surface area contributed by atoms with Gasteiger partial charge >= 0.3 is 0 Å². The highest BCUT2D eigenvalue weighted by molar-refractivity contribution is 7.17. The topological polar surface area (TPSA) is 81.5 Å². The fourth-order valence-electron chi connectivity index (χ4n) is 7.63. The summed E-state index contributed by atoms with van der Waals surface area (Å²) in [6.07, 6.45) is 0. The minimum atomic E-state index is -0.175. The van der Waals surface area contributed by atoms with Crippen molar-refractivity contribution in [1.29, 1.82) is 0 Å². The average molecular weight is 624 g/mol. The summed E-state index contributed by atoms with van der Waals surface area (Å²) in [7, 11) is 0. The molecule has 4 aromatic heterocycles. The Morgan fingerprint density at radius 1 is 0.587 bits per heavy atom. The summed E-state index contributed by atoms with van der Waals surface area (Å²) in [5.74, 6) is -0.201. The molecule has 0 fully saturated rings. The van der Waals surface area contributed by atoms with E-state index in [1.54, 1.807) is 25.2 Å². The predicted octanol–water partition coefficient (Wildman–Crippen LogP) is 10.0. The van der Waals surface area contributed by atoms with Crippen molar-refractivity contribution in [3.05, 3.63) is 152 Å². The minimum absolute atomic E-state index is 0.0598. The van der Waals surface area contributed by atoms with Crippen LogP contribution in [0.4, 0.5) is 0 Å². The first-order chi connectivity index (χ1) is 22.2. The van der Waals surface area contributed by atoms with Gasteiger partial charge in [-0.15, -0.1) is 11.3 Å². The van der Waals surface area contributed by atoms with Crippen LogP contribution in [0.25, 0.3) is 20.9 Å². The largest absolute Gasteiger partial charge is 0.361 e. The molecule has 6 heteroatoms. The lowest BCUT2D eigenvalue weighted by Gasteiger charge is -2.21. The van der Waals surface area contributed by atoms with E-state index in [4.69, 9.17) is 0 Å². The normalized spacial score (nSPS) is 13.0. The van der Waals surface area contributed by atoms with E-state index in [9.17, 15) is 9.59 Å². The standard InChI is InChI=1S/C40H37N3O2S/c1-21-35(25(5)44)23(3)41-39(21)37(30-16-11-13-27-12-7-8-14-28(27)30)32-18-19-33(43-32)38(31-20-46-34-17-10-9-15-29(31)34)40-22(2)36(26(6)45)24(4)42-40/h7-20,37-38,41-43H,1-6H3. The van der Waals surface area contributed by atoms with Gasteiger partial charge < -0.3 is 15.0 Å². The van der Waals surface area contributed by atoms with Crippen LogP contribution in [0.5, 0.6) is 0 Å². The SMILES string of the molecule is CC(=O)c1c(C)[nH]c(C(c2ccc(C(c3[nH]c(C)c(C(C)=O)c3C)c3csc4ccccc34)[nH]2)c2cccc3ccccc23)c1C. The molecule has 0 radical (unpaired) electrons. The van der Waals surface area contributed by atoms with Gasteiger partial charge in [-0.2, -0.15) is 0 Å². The molecule has 3 N–H and O–H groups in total. The molecular weight excluding hydrogens is 587 g/mol. The Hall–Kier alpha value is -4.94. The Morgan fingerprint density at radius 3 is 1.70 bits per heavy atom. The summed E-state index contributed by atoms with van der Waals surface area (Å²) in [5.41, 5.74) is 11.7. The molecule has 230 valence electrons. The van der Waals surface area contributed by atoms with E-state index < -0.39 is 0 Å². The molecule has 7 aromatic rings. The number of carbonyl (C=O) groups excluding carboxylic acids is 2. The smallest absolute Gasteiger partial charge is 0.161 e. The van der Waals surface area contributed by atoms with Crippen molar-refractivity contribution in [2.24, 2.45) is 0 Å². The van der Waals surface area contributed by atoms with Gasteiger partial charge in [-0.05, 0) is 104 Å². The Labute approximate surface area is 272 Å². The number of H-pyrrole nitrogens is 3. The van der Waals surface area contributed by atoms with Crippen molar-refractivity contribution < 1.29 is 9.59 Å². The van der Waals surface area contributed by atoms with Gasteiger partial charge in [0.25, 0.3) is 0 Å². The third-order valence-corrected chi connectivity index (χ3v) is 10.5. The molecule has 2 unspecified atom stereocenters. The summed E-state index contributed by atoms with van der Waals surface area (Å²) in [6.45, 7) is 11.3. The molecule has 0 aliphatic rings. The Morgan fingerprint density at radius 2 is 1.11 bits per heavy atom. The van der Waals surface area contributed by atoms with Crippen LogP contribution in [0.3, 0.4) is 0 Å². The quantitative estimate of drug-likeness (QED) is 0.147. The number of aromatic nitrogens is 3. The molecule has 0 saturated carbocycles. The Balaban J connectivity index is 1.47. The maximum atomic E-state index is 12.8. The molecule has 2 atom stereocenters. The van der Waals surface area contributed by atoms with E-state index >= 15 is 0 Å². The molecule has 4 heterocycles. The number of aryl methyl sites for hydroxylation is 2. The van der Waals surface area contributed by atoms with Gasteiger partial charge in [0.1, 0.15) is 0 Å². The maximum Gasteiger partial charge on any atom is 0.161 e. The lowest BCUT2D eigenvalue weighted by atomic mass is 9.86. The zero-order chi connectivity index (χ0) is 32.3. The van der Waals surface area contributed by atoms with Gasteiger partial charge in [-0.3, -0.25) is 9.59 Å². The van der Waals surface area contributed by atoms with E-state index in [-0.39, 0.29) is 23.4 Å². The number of ketones is 2. The van der Waals surface area contributed by atoms with Crippen LogP contribution in [0.15, 0.2) is 84.2 Å². The predicted molar refractivity (Wildman–Crippen MR) is 189 cm³/mol. The lowest BCUT2D eigenvalue weighted by Crippen LogP contribution is -2.10. The molecular formula is C40H37N3O2S. The van der Waals surface area contributed by atoms with E-state index in [0.717, 1.165) is 62.0 Å². The van der Waals surface area contributed by atoms with E-state index in [1.807, 2.05) is 27.7 Å². The fourth-order valence-corrected chi connectivity index (χ4v) is 8.62. The van der Waals surface area contributed by atoms with Gasteiger partial charge in [0, 0.05) is 50.0 Å². The molecule has 46 heavy (non-hydrogen) atoms. The molecule has 3 aromatic carbocycles. The van der Waals surface area contributed by atoms with Crippen molar-refractivity contribution in [1.82, 2.24) is 15.0 Å². The fraction of sp³-hybridized carbons (Fsp3) is 0.200. The maximum absolute atomic E-state index is 12.8. The van der Waals surface area contributed by atoms with Crippen LogP contribution in [0.2, 0.25) is 0 Å². The number of carbonyl (C=O) groups is 2. The number of aromatic amines is 3. The summed E-state index contributed by atoms with van der Waals surface area (Å²) < 4.78 is 1.23. The number of nitrogens with one attached hydrogen (secondary N) is 3. The van der Waals surface area contributed by atoms with Crippen LogP contribution in [-0.4, -0.2) is 26.5 Å². The second kappa shape index (κ2) is 11.5. The summed E-state index contributed by atoms with van der Waals surface area (Å²) in [5, 5.41) is 5.79. The molecule has 0 aliphatic carbocycles. The zero-order valence-corrected chi connectivity index (χ0v) is 27.8. The molecule has 0 spiro atoms. The van der Waals surface area contributed by atoms with Crippen molar-refractivity contribution >= 4 is 43.8 Å². The van der Waals surface area contributed by atoms with Gasteiger partial charge in [-0.25, -0.2) is 0 Å². The highest BCUT2D eigenvalue weighted by atomic mass is 32.1. The first-order valence-electron chi connectivity index (χ1n) is 15.7. The monoisotopic (exact) mass is 623 g/mol. The third kappa shape index (κ3) is 4.76. The number of fused-ring (bicyclic) bond motifs is 2. The molecule has 0 bridgehead atoms. The first-order valence-corrected chi connectivity index (χ1v) is 16.6. The number of hydrogen-bond donors (Lipinski definition) is 3. The van der Waals surface area contributed by atoms with Crippen molar-refractivity contribution in [2.45, 2.75) is 53.4 Å². The summed E-state index contributed by atoms with van der Waals surface area (Å²) in [6, 6.07) is 27.8.